The second-order valence-electron chi connectivity index (χ2n) is 6.34. The molecule has 24 heavy (non-hydrogen) atoms. The predicted octanol–water partition coefficient (Wildman–Crippen LogP) is 2.04. The molecule has 1 aromatic heterocycles. The Hall–Kier alpha value is -1.76. The lowest BCUT2D eigenvalue weighted by Gasteiger charge is -2.37. The summed E-state index contributed by atoms with van der Waals surface area (Å²) in [6.45, 7) is 8.55. The molecule has 0 aliphatic carbocycles. The van der Waals surface area contributed by atoms with Crippen LogP contribution in [0.1, 0.15) is 43.3 Å². The van der Waals surface area contributed by atoms with Crippen LogP contribution >= 0.6 is 0 Å². The third-order valence-electron chi connectivity index (χ3n) is 4.73. The standard InChI is InChI=1S/C18H26N4O2/c1-3-17-19-18(24-20-17)14(2)22-11-9-21(10-12-22)13-16(23)15-7-5-4-6-8-15/h4-8,14,16,23H,3,9-13H2,1-2H3. The van der Waals surface area contributed by atoms with Gasteiger partial charge in [0.1, 0.15) is 0 Å². The Morgan fingerprint density at radius 3 is 2.50 bits per heavy atom. The molecule has 2 unspecified atom stereocenters. The minimum Gasteiger partial charge on any atom is -0.387 e. The molecule has 0 radical (unpaired) electrons. The number of piperazine rings is 1. The lowest BCUT2D eigenvalue weighted by Crippen LogP contribution is -2.48. The summed E-state index contributed by atoms with van der Waals surface area (Å²) in [7, 11) is 0. The molecule has 130 valence electrons. The maximum Gasteiger partial charge on any atom is 0.243 e. The molecule has 3 rings (SSSR count). The number of benzene rings is 1. The minimum atomic E-state index is -0.432. The minimum absolute atomic E-state index is 0.138. The topological polar surface area (TPSA) is 65.6 Å². The number of aliphatic hydroxyl groups is 1. The molecule has 2 aromatic rings. The summed E-state index contributed by atoms with van der Waals surface area (Å²) in [6.07, 6.45) is 0.361. The van der Waals surface area contributed by atoms with Crippen LogP contribution in [-0.4, -0.2) is 57.8 Å². The number of aliphatic hydroxyl groups excluding tert-OH is 1. The molecule has 1 aliphatic heterocycles. The molecule has 1 fully saturated rings. The first kappa shape index (κ1) is 17.1. The van der Waals surface area contributed by atoms with Crippen molar-refractivity contribution in [3.63, 3.8) is 0 Å². The van der Waals surface area contributed by atoms with Crippen LogP contribution < -0.4 is 0 Å². The molecule has 6 nitrogen and oxygen atoms in total. The van der Waals surface area contributed by atoms with Crippen molar-refractivity contribution in [3.05, 3.63) is 47.6 Å². The largest absolute Gasteiger partial charge is 0.387 e. The van der Waals surface area contributed by atoms with Crippen molar-refractivity contribution < 1.29 is 9.63 Å². The average Bonchev–Trinajstić information content (AvgIpc) is 3.11. The molecule has 2 atom stereocenters. The van der Waals surface area contributed by atoms with Gasteiger partial charge >= 0.3 is 0 Å². The summed E-state index contributed by atoms with van der Waals surface area (Å²) >= 11 is 0. The summed E-state index contributed by atoms with van der Waals surface area (Å²) in [6, 6.07) is 9.99. The van der Waals surface area contributed by atoms with E-state index in [0.29, 0.717) is 12.4 Å². The molecule has 1 saturated heterocycles. The van der Waals surface area contributed by atoms with Crippen molar-refractivity contribution >= 4 is 0 Å². The first-order chi connectivity index (χ1) is 11.7. The Labute approximate surface area is 143 Å². The molecule has 1 aliphatic rings. The second-order valence-corrected chi connectivity index (χ2v) is 6.34. The number of aromatic nitrogens is 2. The Balaban J connectivity index is 1.50. The molecule has 0 amide bonds. The number of rotatable bonds is 6. The van der Waals surface area contributed by atoms with Gasteiger partial charge in [-0.1, -0.05) is 42.4 Å². The van der Waals surface area contributed by atoms with Crippen molar-refractivity contribution in [2.75, 3.05) is 32.7 Å². The van der Waals surface area contributed by atoms with E-state index in [-0.39, 0.29) is 6.04 Å². The van der Waals surface area contributed by atoms with E-state index in [1.165, 1.54) is 0 Å². The lowest BCUT2D eigenvalue weighted by atomic mass is 10.1. The Kier molecular flexibility index (Phi) is 5.60. The van der Waals surface area contributed by atoms with Crippen molar-refractivity contribution in [2.24, 2.45) is 0 Å². The van der Waals surface area contributed by atoms with Crippen LogP contribution in [0.2, 0.25) is 0 Å². The van der Waals surface area contributed by atoms with Crippen molar-refractivity contribution in [1.82, 2.24) is 19.9 Å². The zero-order valence-corrected chi connectivity index (χ0v) is 14.4. The SMILES string of the molecule is CCc1noc(C(C)N2CCN(CC(O)c3ccccc3)CC2)n1. The average molecular weight is 330 g/mol. The molecule has 6 heteroatoms. The smallest absolute Gasteiger partial charge is 0.243 e. The zero-order chi connectivity index (χ0) is 16.9. The van der Waals surface area contributed by atoms with Gasteiger partial charge in [0.15, 0.2) is 5.82 Å². The van der Waals surface area contributed by atoms with Crippen LogP contribution in [0, 0.1) is 0 Å². The van der Waals surface area contributed by atoms with Gasteiger partial charge in [0.05, 0.1) is 12.1 Å². The van der Waals surface area contributed by atoms with Gasteiger partial charge in [-0.15, -0.1) is 0 Å². The van der Waals surface area contributed by atoms with E-state index in [0.717, 1.165) is 44.0 Å². The van der Waals surface area contributed by atoms with Crippen molar-refractivity contribution in [3.8, 4) is 0 Å². The molecule has 1 N–H and O–H groups in total. The van der Waals surface area contributed by atoms with Gasteiger partial charge in [-0.2, -0.15) is 4.98 Å². The monoisotopic (exact) mass is 330 g/mol. The van der Waals surface area contributed by atoms with Gasteiger partial charge < -0.3 is 9.63 Å². The van der Waals surface area contributed by atoms with Gasteiger partial charge in [-0.05, 0) is 12.5 Å². The van der Waals surface area contributed by atoms with E-state index in [1.807, 2.05) is 37.3 Å². The maximum absolute atomic E-state index is 10.4. The lowest BCUT2D eigenvalue weighted by molar-refractivity contribution is 0.0525. The fraction of sp³-hybridized carbons (Fsp3) is 0.556. The van der Waals surface area contributed by atoms with E-state index < -0.39 is 6.10 Å². The van der Waals surface area contributed by atoms with Crippen LogP contribution in [0.3, 0.4) is 0 Å². The quantitative estimate of drug-likeness (QED) is 0.874. The summed E-state index contributed by atoms with van der Waals surface area (Å²) in [5, 5.41) is 14.3. The highest BCUT2D eigenvalue weighted by molar-refractivity contribution is 5.17. The number of β-amino-alcohol motifs (C(OH)–C–C–N with tert-alkyl or cyclic N) is 1. The van der Waals surface area contributed by atoms with Crippen LogP contribution in [0.25, 0.3) is 0 Å². The fourth-order valence-corrected chi connectivity index (χ4v) is 3.10. The highest BCUT2D eigenvalue weighted by atomic mass is 16.5. The van der Waals surface area contributed by atoms with E-state index in [1.54, 1.807) is 0 Å². The maximum atomic E-state index is 10.4. The van der Waals surface area contributed by atoms with Gasteiger partial charge in [0.2, 0.25) is 5.89 Å². The van der Waals surface area contributed by atoms with E-state index in [4.69, 9.17) is 4.52 Å². The summed E-state index contributed by atoms with van der Waals surface area (Å²) in [4.78, 5) is 9.11. The molecule has 0 saturated carbocycles. The van der Waals surface area contributed by atoms with Crippen molar-refractivity contribution in [1.29, 1.82) is 0 Å². The van der Waals surface area contributed by atoms with Gasteiger partial charge in [0.25, 0.3) is 0 Å². The summed E-state index contributed by atoms with van der Waals surface area (Å²) in [5.74, 6) is 1.46. The van der Waals surface area contributed by atoms with Gasteiger partial charge in [0, 0.05) is 39.1 Å². The number of aryl methyl sites for hydroxylation is 1. The van der Waals surface area contributed by atoms with Gasteiger partial charge in [-0.3, -0.25) is 9.80 Å². The van der Waals surface area contributed by atoms with Crippen LogP contribution in [0.5, 0.6) is 0 Å². The third kappa shape index (κ3) is 4.01. The van der Waals surface area contributed by atoms with Crippen LogP contribution in [0.15, 0.2) is 34.9 Å². The Morgan fingerprint density at radius 2 is 1.88 bits per heavy atom. The van der Waals surface area contributed by atoms with Crippen LogP contribution in [-0.2, 0) is 6.42 Å². The molecular formula is C18H26N4O2. The fourth-order valence-electron chi connectivity index (χ4n) is 3.10. The second kappa shape index (κ2) is 7.88. The number of nitrogens with zero attached hydrogens (tertiary/aromatic N) is 4. The normalized spacial score (nSPS) is 19.3. The van der Waals surface area contributed by atoms with Crippen LogP contribution in [0.4, 0.5) is 0 Å². The Bertz CT molecular complexity index is 623. The number of hydrogen-bond donors (Lipinski definition) is 1. The summed E-state index contributed by atoms with van der Waals surface area (Å²) < 4.78 is 5.36. The van der Waals surface area contributed by atoms with E-state index in [9.17, 15) is 5.11 Å². The first-order valence-corrected chi connectivity index (χ1v) is 8.69. The molecule has 1 aromatic carbocycles. The number of hydrogen-bond acceptors (Lipinski definition) is 6. The molecule has 2 heterocycles. The molecule has 0 spiro atoms. The Morgan fingerprint density at radius 1 is 1.17 bits per heavy atom. The highest BCUT2D eigenvalue weighted by Crippen LogP contribution is 2.21. The molecule has 0 bridgehead atoms. The van der Waals surface area contributed by atoms with Gasteiger partial charge in [-0.25, -0.2) is 0 Å². The third-order valence-corrected chi connectivity index (χ3v) is 4.73. The molecular weight excluding hydrogens is 304 g/mol. The van der Waals surface area contributed by atoms with Crippen molar-refractivity contribution in [2.45, 2.75) is 32.4 Å². The highest BCUT2D eigenvalue weighted by Gasteiger charge is 2.26. The first-order valence-electron chi connectivity index (χ1n) is 8.69. The predicted molar refractivity (Wildman–Crippen MR) is 91.5 cm³/mol. The zero-order valence-electron chi connectivity index (χ0n) is 14.4. The van der Waals surface area contributed by atoms with E-state index >= 15 is 0 Å². The summed E-state index contributed by atoms with van der Waals surface area (Å²) in [5.41, 5.74) is 0.978. The van der Waals surface area contributed by atoms with E-state index in [2.05, 4.69) is 26.9 Å².